The van der Waals surface area contributed by atoms with Crippen LogP contribution in [-0.4, -0.2) is 22.3 Å². The molecule has 5 heteroatoms. The molecule has 0 radical (unpaired) electrons. The number of esters is 1. The standard InChI is InChI=1S/C19H20FIO3/c1-2-19-17-14(15(10-21)23-19)9-12(16(17)18(22)24-19)6-3-11-4-7-13(20)8-5-11/h3-8,12,14-17H,2,9-10H2,1H3/b6-3+/t12-,14-,15-,16-,17+,19-/m1/s1. The van der Waals surface area contributed by atoms with Gasteiger partial charge in [-0.1, -0.05) is 53.8 Å². The number of carbonyl (C=O) groups is 1. The summed E-state index contributed by atoms with van der Waals surface area (Å²) >= 11 is 2.36. The number of hydrogen-bond acceptors (Lipinski definition) is 3. The minimum atomic E-state index is -0.708. The molecule has 0 bridgehead atoms. The first kappa shape index (κ1) is 16.5. The molecule has 0 amide bonds. The number of ether oxygens (including phenoxy) is 2. The summed E-state index contributed by atoms with van der Waals surface area (Å²) in [5.74, 6) is -0.471. The van der Waals surface area contributed by atoms with Gasteiger partial charge in [-0.15, -0.1) is 0 Å². The quantitative estimate of drug-likeness (QED) is 0.399. The number of rotatable bonds is 4. The van der Waals surface area contributed by atoms with Crippen LogP contribution >= 0.6 is 22.6 Å². The van der Waals surface area contributed by atoms with Gasteiger partial charge in [-0.05, 0) is 36.0 Å². The molecule has 1 saturated carbocycles. The molecule has 3 nitrogen and oxygen atoms in total. The van der Waals surface area contributed by atoms with Crippen LogP contribution in [0.15, 0.2) is 30.3 Å². The Kier molecular flexibility index (Phi) is 4.19. The molecule has 1 aromatic rings. The number of hydrogen-bond donors (Lipinski definition) is 0. The van der Waals surface area contributed by atoms with E-state index in [0.29, 0.717) is 12.3 Å². The molecule has 2 saturated heterocycles. The maximum atomic E-state index is 13.0. The van der Waals surface area contributed by atoms with E-state index in [9.17, 15) is 9.18 Å². The fourth-order valence-corrected chi connectivity index (χ4v) is 5.57. The molecular formula is C19H20FIO3. The Morgan fingerprint density at radius 2 is 2.12 bits per heavy atom. The topological polar surface area (TPSA) is 35.5 Å². The van der Waals surface area contributed by atoms with Crippen LogP contribution in [0.5, 0.6) is 0 Å². The monoisotopic (exact) mass is 442 g/mol. The number of allylic oxidation sites excluding steroid dienone is 1. The van der Waals surface area contributed by atoms with Gasteiger partial charge >= 0.3 is 5.97 Å². The van der Waals surface area contributed by atoms with Gasteiger partial charge in [-0.2, -0.15) is 0 Å². The van der Waals surface area contributed by atoms with Crippen LogP contribution in [0.25, 0.3) is 6.08 Å². The Bertz CT molecular complexity index is 674. The minimum absolute atomic E-state index is 0.111. The number of carbonyl (C=O) groups excluding carboxylic acids is 1. The molecule has 2 heterocycles. The second kappa shape index (κ2) is 6.09. The van der Waals surface area contributed by atoms with Crippen molar-refractivity contribution in [3.05, 3.63) is 41.7 Å². The minimum Gasteiger partial charge on any atom is -0.432 e. The third kappa shape index (κ3) is 2.43. The number of halogens is 2. The van der Waals surface area contributed by atoms with Crippen molar-refractivity contribution in [2.24, 2.45) is 23.7 Å². The average molecular weight is 442 g/mol. The summed E-state index contributed by atoms with van der Waals surface area (Å²) in [4.78, 5) is 12.5. The molecule has 0 unspecified atom stereocenters. The van der Waals surface area contributed by atoms with E-state index in [2.05, 4.69) is 28.7 Å². The van der Waals surface area contributed by atoms with E-state index in [-0.39, 0.29) is 35.6 Å². The lowest BCUT2D eigenvalue weighted by molar-refractivity contribution is -0.213. The summed E-state index contributed by atoms with van der Waals surface area (Å²) in [5.41, 5.74) is 0.947. The normalized spacial score (nSPS) is 40.3. The van der Waals surface area contributed by atoms with E-state index in [1.807, 2.05) is 13.0 Å². The summed E-state index contributed by atoms with van der Waals surface area (Å²) in [6.45, 7) is 2.03. The van der Waals surface area contributed by atoms with Crippen LogP contribution in [-0.2, 0) is 14.3 Å². The Morgan fingerprint density at radius 3 is 2.79 bits per heavy atom. The van der Waals surface area contributed by atoms with Gasteiger partial charge in [0.2, 0.25) is 5.79 Å². The largest absolute Gasteiger partial charge is 0.432 e. The molecule has 3 fully saturated rings. The second-order valence-corrected chi connectivity index (χ2v) is 7.80. The fraction of sp³-hybridized carbons (Fsp3) is 0.526. The predicted octanol–water partition coefficient (Wildman–Crippen LogP) is 4.20. The van der Waals surface area contributed by atoms with Gasteiger partial charge in [0.1, 0.15) is 5.82 Å². The highest BCUT2D eigenvalue weighted by atomic mass is 127. The van der Waals surface area contributed by atoms with Crippen LogP contribution in [0.3, 0.4) is 0 Å². The van der Waals surface area contributed by atoms with E-state index in [1.54, 1.807) is 12.1 Å². The molecule has 0 spiro atoms. The van der Waals surface area contributed by atoms with Gasteiger partial charge in [-0.25, -0.2) is 4.39 Å². The van der Waals surface area contributed by atoms with E-state index >= 15 is 0 Å². The smallest absolute Gasteiger partial charge is 0.312 e. The summed E-state index contributed by atoms with van der Waals surface area (Å²) in [5, 5.41) is 0. The van der Waals surface area contributed by atoms with Gasteiger partial charge < -0.3 is 9.47 Å². The van der Waals surface area contributed by atoms with Crippen molar-refractivity contribution < 1.29 is 18.7 Å². The van der Waals surface area contributed by atoms with Gasteiger partial charge in [0.15, 0.2) is 0 Å². The van der Waals surface area contributed by atoms with Crippen molar-refractivity contribution in [2.75, 3.05) is 4.43 Å². The zero-order chi connectivity index (χ0) is 16.9. The average Bonchev–Trinajstić information content (AvgIpc) is 3.19. The molecule has 6 atom stereocenters. The highest BCUT2D eigenvalue weighted by molar-refractivity contribution is 14.1. The van der Waals surface area contributed by atoms with Crippen LogP contribution < -0.4 is 0 Å². The summed E-state index contributed by atoms with van der Waals surface area (Å²) in [6.07, 6.45) is 5.92. The first-order chi connectivity index (χ1) is 11.6. The molecular weight excluding hydrogens is 422 g/mol. The highest BCUT2D eigenvalue weighted by Crippen LogP contribution is 2.61. The predicted molar refractivity (Wildman–Crippen MR) is 96.9 cm³/mol. The molecule has 128 valence electrons. The van der Waals surface area contributed by atoms with Crippen molar-refractivity contribution in [3.63, 3.8) is 0 Å². The molecule has 4 rings (SSSR count). The van der Waals surface area contributed by atoms with Gasteiger partial charge in [0.25, 0.3) is 0 Å². The zero-order valence-electron chi connectivity index (χ0n) is 13.5. The molecule has 1 aliphatic carbocycles. The lowest BCUT2D eigenvalue weighted by atomic mass is 9.83. The summed E-state index contributed by atoms with van der Waals surface area (Å²) < 4.78 is 25.9. The second-order valence-electron chi connectivity index (χ2n) is 6.92. The third-order valence-corrected chi connectivity index (χ3v) is 6.65. The van der Waals surface area contributed by atoms with Crippen LogP contribution in [0.1, 0.15) is 25.3 Å². The zero-order valence-corrected chi connectivity index (χ0v) is 15.6. The first-order valence-electron chi connectivity index (χ1n) is 8.48. The Morgan fingerprint density at radius 1 is 1.38 bits per heavy atom. The lowest BCUT2D eigenvalue weighted by Gasteiger charge is -2.25. The van der Waals surface area contributed by atoms with Crippen molar-refractivity contribution in [2.45, 2.75) is 31.7 Å². The third-order valence-electron chi connectivity index (χ3n) is 5.79. The molecule has 2 aliphatic heterocycles. The SMILES string of the molecule is CC[C@@]12OC(=O)[C@H]3[C@@H]1[C@H](C[C@H]3/C=C/c1ccc(F)cc1)[C@@H](CI)O2. The first-order valence-corrected chi connectivity index (χ1v) is 10.0. The maximum absolute atomic E-state index is 13.0. The molecule has 0 aromatic heterocycles. The van der Waals surface area contributed by atoms with Crippen molar-refractivity contribution in [3.8, 4) is 0 Å². The van der Waals surface area contributed by atoms with E-state index in [4.69, 9.17) is 9.47 Å². The lowest BCUT2D eigenvalue weighted by Crippen LogP contribution is -2.34. The van der Waals surface area contributed by atoms with Gasteiger partial charge in [0, 0.05) is 16.8 Å². The van der Waals surface area contributed by atoms with Crippen LogP contribution in [0.2, 0.25) is 0 Å². The summed E-state index contributed by atoms with van der Waals surface area (Å²) in [6, 6.07) is 6.41. The van der Waals surface area contributed by atoms with Gasteiger partial charge in [0.05, 0.1) is 12.0 Å². The van der Waals surface area contributed by atoms with Crippen molar-refractivity contribution in [1.82, 2.24) is 0 Å². The molecule has 0 N–H and O–H groups in total. The Hall–Kier alpha value is -0.950. The maximum Gasteiger partial charge on any atom is 0.312 e. The fourth-order valence-electron chi connectivity index (χ4n) is 4.74. The molecule has 24 heavy (non-hydrogen) atoms. The Balaban J connectivity index is 1.61. The van der Waals surface area contributed by atoms with Crippen LogP contribution in [0, 0.1) is 29.5 Å². The van der Waals surface area contributed by atoms with Crippen molar-refractivity contribution in [1.29, 1.82) is 0 Å². The van der Waals surface area contributed by atoms with Crippen molar-refractivity contribution >= 4 is 34.6 Å². The Labute approximate surface area is 154 Å². The van der Waals surface area contributed by atoms with E-state index in [1.165, 1.54) is 12.1 Å². The highest BCUT2D eigenvalue weighted by Gasteiger charge is 2.69. The molecule has 3 aliphatic rings. The number of benzene rings is 1. The van der Waals surface area contributed by atoms with E-state index < -0.39 is 5.79 Å². The molecule has 1 aromatic carbocycles. The number of alkyl halides is 1. The van der Waals surface area contributed by atoms with E-state index in [0.717, 1.165) is 16.4 Å². The van der Waals surface area contributed by atoms with Crippen LogP contribution in [0.4, 0.5) is 4.39 Å². The summed E-state index contributed by atoms with van der Waals surface area (Å²) in [7, 11) is 0. The van der Waals surface area contributed by atoms with Gasteiger partial charge in [-0.3, -0.25) is 4.79 Å².